The summed E-state index contributed by atoms with van der Waals surface area (Å²) in [6, 6.07) is 5.31. The molecule has 0 aromatic heterocycles. The summed E-state index contributed by atoms with van der Waals surface area (Å²) in [7, 11) is 0. The number of oxime groups is 1. The minimum atomic E-state index is -0.280. The number of nitrogens with two attached hydrogens (primary N) is 1. The molecule has 92 valence electrons. The van der Waals surface area contributed by atoms with E-state index >= 15 is 0 Å². The van der Waals surface area contributed by atoms with Gasteiger partial charge in [-0.2, -0.15) is 0 Å². The highest BCUT2D eigenvalue weighted by Crippen LogP contribution is 2.26. The van der Waals surface area contributed by atoms with Gasteiger partial charge in [0.05, 0.1) is 11.1 Å². The van der Waals surface area contributed by atoms with Gasteiger partial charge in [-0.25, -0.2) is 0 Å². The van der Waals surface area contributed by atoms with Crippen LogP contribution in [0.3, 0.4) is 0 Å². The van der Waals surface area contributed by atoms with Crippen LogP contribution >= 0.6 is 11.6 Å². The standard InChI is InChI=1S/C11H14ClN3O2/c12-10-5-7(15-4-3-8(16)6-15)1-2-9(10)11(13)14-17/h1-2,5,8,16-17H,3-4,6H2,(H2,13,14). The van der Waals surface area contributed by atoms with Crippen molar-refractivity contribution in [1.29, 1.82) is 0 Å². The lowest BCUT2D eigenvalue weighted by molar-refractivity contribution is 0.198. The van der Waals surface area contributed by atoms with Crippen molar-refractivity contribution in [2.45, 2.75) is 12.5 Å². The number of aliphatic hydroxyl groups excluding tert-OH is 1. The fraction of sp³-hybridized carbons (Fsp3) is 0.364. The third-order valence-electron chi connectivity index (χ3n) is 2.86. The van der Waals surface area contributed by atoms with Gasteiger partial charge in [-0.15, -0.1) is 0 Å². The molecule has 17 heavy (non-hydrogen) atoms. The number of halogens is 1. The first-order valence-electron chi connectivity index (χ1n) is 5.32. The zero-order valence-electron chi connectivity index (χ0n) is 9.17. The summed E-state index contributed by atoms with van der Waals surface area (Å²) >= 11 is 6.06. The first-order valence-corrected chi connectivity index (χ1v) is 5.70. The summed E-state index contributed by atoms with van der Waals surface area (Å²) < 4.78 is 0. The Morgan fingerprint density at radius 3 is 2.82 bits per heavy atom. The van der Waals surface area contributed by atoms with Gasteiger partial charge in [0.1, 0.15) is 0 Å². The van der Waals surface area contributed by atoms with Gasteiger partial charge >= 0.3 is 0 Å². The van der Waals surface area contributed by atoms with Crippen molar-refractivity contribution >= 4 is 23.1 Å². The maximum Gasteiger partial charge on any atom is 0.171 e. The van der Waals surface area contributed by atoms with Gasteiger partial charge in [0, 0.05) is 24.3 Å². The fourth-order valence-corrected chi connectivity index (χ4v) is 2.21. The van der Waals surface area contributed by atoms with Gasteiger partial charge in [-0.3, -0.25) is 0 Å². The van der Waals surface area contributed by atoms with Crippen LogP contribution in [0.25, 0.3) is 0 Å². The molecule has 0 saturated carbocycles. The van der Waals surface area contributed by atoms with E-state index in [1.54, 1.807) is 12.1 Å². The predicted molar refractivity (Wildman–Crippen MR) is 66.8 cm³/mol. The number of aliphatic hydroxyl groups is 1. The highest BCUT2D eigenvalue weighted by atomic mass is 35.5. The predicted octanol–water partition coefficient (Wildman–Crippen LogP) is 1.01. The van der Waals surface area contributed by atoms with Gasteiger partial charge in [0.25, 0.3) is 0 Å². The lowest BCUT2D eigenvalue weighted by atomic mass is 10.2. The highest BCUT2D eigenvalue weighted by Gasteiger charge is 2.21. The third kappa shape index (κ3) is 2.45. The molecule has 0 amide bonds. The first-order chi connectivity index (χ1) is 8.11. The smallest absolute Gasteiger partial charge is 0.171 e. The van der Waals surface area contributed by atoms with E-state index in [1.807, 2.05) is 11.0 Å². The Morgan fingerprint density at radius 1 is 1.53 bits per heavy atom. The van der Waals surface area contributed by atoms with E-state index < -0.39 is 0 Å². The fourth-order valence-electron chi connectivity index (χ4n) is 1.94. The Morgan fingerprint density at radius 2 is 2.29 bits per heavy atom. The lowest BCUT2D eigenvalue weighted by Crippen LogP contribution is -2.21. The molecular weight excluding hydrogens is 242 g/mol. The van der Waals surface area contributed by atoms with E-state index in [0.29, 0.717) is 17.1 Å². The lowest BCUT2D eigenvalue weighted by Gasteiger charge is -2.18. The Bertz CT molecular complexity index is 450. The Hall–Kier alpha value is -1.46. The number of anilines is 1. The molecule has 1 heterocycles. The second-order valence-electron chi connectivity index (χ2n) is 4.04. The van der Waals surface area contributed by atoms with Crippen LogP contribution in [-0.2, 0) is 0 Å². The van der Waals surface area contributed by atoms with Crippen LogP contribution in [0.5, 0.6) is 0 Å². The SMILES string of the molecule is NC(=NO)c1ccc(N2CCC(O)C2)cc1Cl. The molecule has 6 heteroatoms. The molecular formula is C11H14ClN3O2. The molecule has 4 N–H and O–H groups in total. The van der Waals surface area contributed by atoms with Crippen LogP contribution in [0, 0.1) is 0 Å². The number of rotatable bonds is 2. The van der Waals surface area contributed by atoms with E-state index in [4.69, 9.17) is 22.5 Å². The molecule has 1 atom stereocenters. The van der Waals surface area contributed by atoms with Crippen molar-refractivity contribution < 1.29 is 10.3 Å². The maximum atomic E-state index is 9.46. The van der Waals surface area contributed by atoms with E-state index in [9.17, 15) is 5.11 Å². The van der Waals surface area contributed by atoms with Gasteiger partial charge < -0.3 is 20.9 Å². The molecule has 5 nitrogen and oxygen atoms in total. The molecule has 1 fully saturated rings. The summed E-state index contributed by atoms with van der Waals surface area (Å²) in [6.07, 6.45) is 0.483. The monoisotopic (exact) mass is 255 g/mol. The minimum Gasteiger partial charge on any atom is -0.409 e. The van der Waals surface area contributed by atoms with Crippen molar-refractivity contribution in [1.82, 2.24) is 0 Å². The van der Waals surface area contributed by atoms with Gasteiger partial charge in [-0.1, -0.05) is 16.8 Å². The maximum absolute atomic E-state index is 9.46. The molecule has 1 aromatic rings. The van der Waals surface area contributed by atoms with Crippen LogP contribution in [0.2, 0.25) is 5.02 Å². The Balaban J connectivity index is 2.25. The number of benzene rings is 1. The number of β-amino-alcohol motifs (C(OH)–C–C–N with tert-alkyl or cyclic N) is 1. The molecule has 0 bridgehead atoms. The van der Waals surface area contributed by atoms with Gasteiger partial charge in [-0.05, 0) is 24.6 Å². The van der Waals surface area contributed by atoms with E-state index in [0.717, 1.165) is 18.7 Å². The van der Waals surface area contributed by atoms with Crippen LogP contribution in [-0.4, -0.2) is 35.3 Å². The molecule has 0 spiro atoms. The molecule has 1 saturated heterocycles. The molecule has 1 unspecified atom stereocenters. The molecule has 2 rings (SSSR count). The zero-order valence-corrected chi connectivity index (χ0v) is 9.93. The summed E-state index contributed by atoms with van der Waals surface area (Å²) in [5.41, 5.74) is 6.91. The van der Waals surface area contributed by atoms with Crippen LogP contribution < -0.4 is 10.6 Å². The highest BCUT2D eigenvalue weighted by molar-refractivity contribution is 6.34. The Labute approximate surface area is 104 Å². The summed E-state index contributed by atoms with van der Waals surface area (Å²) in [5, 5.41) is 21.4. The van der Waals surface area contributed by atoms with Crippen LogP contribution in [0.15, 0.2) is 23.4 Å². The number of hydrogen-bond acceptors (Lipinski definition) is 4. The second kappa shape index (κ2) is 4.81. The van der Waals surface area contributed by atoms with Crippen molar-refractivity contribution in [2.24, 2.45) is 10.9 Å². The molecule has 1 aromatic carbocycles. The van der Waals surface area contributed by atoms with Crippen molar-refractivity contribution in [2.75, 3.05) is 18.0 Å². The zero-order chi connectivity index (χ0) is 12.4. The quantitative estimate of drug-likeness (QED) is 0.319. The van der Waals surface area contributed by atoms with Crippen LogP contribution in [0.1, 0.15) is 12.0 Å². The number of amidine groups is 1. The first kappa shape index (κ1) is 12.0. The van der Waals surface area contributed by atoms with E-state index in [2.05, 4.69) is 5.16 Å². The topological polar surface area (TPSA) is 82.1 Å². The molecule has 0 radical (unpaired) electrons. The second-order valence-corrected chi connectivity index (χ2v) is 4.45. The number of hydrogen-bond donors (Lipinski definition) is 3. The largest absolute Gasteiger partial charge is 0.409 e. The Kier molecular flexibility index (Phi) is 3.40. The summed E-state index contributed by atoms with van der Waals surface area (Å²) in [5.74, 6) is -0.0111. The minimum absolute atomic E-state index is 0.0111. The molecule has 1 aliphatic rings. The van der Waals surface area contributed by atoms with Gasteiger partial charge in [0.2, 0.25) is 0 Å². The average Bonchev–Trinajstić information content (AvgIpc) is 2.75. The van der Waals surface area contributed by atoms with Crippen molar-refractivity contribution in [3.63, 3.8) is 0 Å². The normalized spacial score (nSPS) is 20.9. The molecule has 1 aliphatic heterocycles. The third-order valence-corrected chi connectivity index (χ3v) is 3.18. The molecule has 0 aliphatic carbocycles. The van der Waals surface area contributed by atoms with E-state index in [-0.39, 0.29) is 11.9 Å². The summed E-state index contributed by atoms with van der Waals surface area (Å²) in [4.78, 5) is 2.05. The van der Waals surface area contributed by atoms with E-state index in [1.165, 1.54) is 0 Å². The van der Waals surface area contributed by atoms with Gasteiger partial charge in [0.15, 0.2) is 5.84 Å². The number of nitrogens with zero attached hydrogens (tertiary/aromatic N) is 2. The summed E-state index contributed by atoms with van der Waals surface area (Å²) in [6.45, 7) is 1.42. The van der Waals surface area contributed by atoms with Crippen molar-refractivity contribution in [3.8, 4) is 0 Å². The van der Waals surface area contributed by atoms with Crippen molar-refractivity contribution in [3.05, 3.63) is 28.8 Å². The van der Waals surface area contributed by atoms with Crippen LogP contribution in [0.4, 0.5) is 5.69 Å². The average molecular weight is 256 g/mol.